The Morgan fingerprint density at radius 1 is 0.586 bits per heavy atom. The summed E-state index contributed by atoms with van der Waals surface area (Å²) in [6.45, 7) is 0. The van der Waals surface area contributed by atoms with Crippen LogP contribution in [0, 0.1) is 0 Å². The molecule has 0 aliphatic rings. The molecule has 0 aliphatic carbocycles. The standard InChI is InChI=1S/C21H16O6S2/c22-28(23,24)20-5-1-3-16-9-7-14(12-18(16)20)11-15-8-10-17-4-2-6-21(19(17)13-15)29(25,26)27/h1-10,12-13H,11H2,(H,22,23,24)(H,25,26,27). The summed E-state index contributed by atoms with van der Waals surface area (Å²) in [6.07, 6.45) is 0.408. The summed E-state index contributed by atoms with van der Waals surface area (Å²) in [4.78, 5) is -0.326. The van der Waals surface area contributed by atoms with E-state index in [1.807, 2.05) is 12.1 Å². The van der Waals surface area contributed by atoms with Crippen LogP contribution < -0.4 is 0 Å². The van der Waals surface area contributed by atoms with Crippen LogP contribution >= 0.6 is 0 Å². The molecule has 0 saturated carbocycles. The van der Waals surface area contributed by atoms with E-state index in [4.69, 9.17) is 0 Å². The molecule has 2 N–H and O–H groups in total. The first kappa shape index (κ1) is 19.5. The second-order valence-corrected chi connectivity index (χ2v) is 9.53. The Kier molecular flexibility index (Phi) is 4.66. The highest BCUT2D eigenvalue weighted by atomic mass is 32.2. The van der Waals surface area contributed by atoms with Gasteiger partial charge in [-0.2, -0.15) is 16.8 Å². The van der Waals surface area contributed by atoms with Gasteiger partial charge in [-0.05, 0) is 52.6 Å². The second kappa shape index (κ2) is 6.93. The fourth-order valence-electron chi connectivity index (χ4n) is 3.49. The van der Waals surface area contributed by atoms with Crippen LogP contribution in [0.5, 0.6) is 0 Å². The summed E-state index contributed by atoms with van der Waals surface area (Å²) in [5.41, 5.74) is 1.58. The quantitative estimate of drug-likeness (QED) is 0.474. The van der Waals surface area contributed by atoms with Crippen molar-refractivity contribution < 1.29 is 25.9 Å². The molecule has 6 nitrogen and oxygen atoms in total. The molecule has 0 atom stereocenters. The van der Waals surface area contributed by atoms with Gasteiger partial charge in [-0.1, -0.05) is 48.5 Å². The Bertz CT molecular complexity index is 1360. The molecule has 4 aromatic carbocycles. The Morgan fingerprint density at radius 3 is 1.38 bits per heavy atom. The van der Waals surface area contributed by atoms with Gasteiger partial charge in [-0.25, -0.2) is 0 Å². The van der Waals surface area contributed by atoms with E-state index < -0.39 is 20.2 Å². The maximum absolute atomic E-state index is 11.7. The molecule has 0 aromatic heterocycles. The zero-order valence-electron chi connectivity index (χ0n) is 15.0. The first-order valence-electron chi connectivity index (χ1n) is 8.61. The Balaban J connectivity index is 1.82. The molecule has 148 valence electrons. The molecule has 0 fully saturated rings. The van der Waals surface area contributed by atoms with E-state index in [0.717, 1.165) is 11.1 Å². The van der Waals surface area contributed by atoms with Crippen LogP contribution in [-0.4, -0.2) is 25.9 Å². The summed E-state index contributed by atoms with van der Waals surface area (Å²) < 4.78 is 65.6. The average Bonchev–Trinajstić information content (AvgIpc) is 2.65. The largest absolute Gasteiger partial charge is 0.295 e. The highest BCUT2D eigenvalue weighted by molar-refractivity contribution is 7.86. The topological polar surface area (TPSA) is 109 Å². The Labute approximate surface area is 167 Å². The fourth-order valence-corrected chi connectivity index (χ4v) is 4.90. The maximum Gasteiger partial charge on any atom is 0.295 e. The summed E-state index contributed by atoms with van der Waals surface area (Å²) in [7, 11) is -8.73. The van der Waals surface area contributed by atoms with Crippen LogP contribution in [-0.2, 0) is 26.7 Å². The lowest BCUT2D eigenvalue weighted by atomic mass is 9.99. The zero-order chi connectivity index (χ0) is 20.8. The Hall–Kier alpha value is -2.78. The van der Waals surface area contributed by atoms with Crippen molar-refractivity contribution in [2.75, 3.05) is 0 Å². The number of fused-ring (bicyclic) bond motifs is 2. The van der Waals surface area contributed by atoms with Crippen molar-refractivity contribution in [2.45, 2.75) is 16.2 Å². The van der Waals surface area contributed by atoms with Gasteiger partial charge in [-0.15, -0.1) is 0 Å². The van der Waals surface area contributed by atoms with Crippen molar-refractivity contribution >= 4 is 41.8 Å². The third-order valence-corrected chi connectivity index (χ3v) is 6.60. The summed E-state index contributed by atoms with van der Waals surface area (Å²) in [5.74, 6) is 0. The molecule has 4 aromatic rings. The molecule has 4 rings (SSSR count). The molecule has 0 amide bonds. The highest BCUT2D eigenvalue weighted by Crippen LogP contribution is 2.27. The molecule has 8 heteroatoms. The molecule has 0 aliphatic heterocycles. The first-order valence-corrected chi connectivity index (χ1v) is 11.5. The minimum Gasteiger partial charge on any atom is -0.282 e. The summed E-state index contributed by atoms with van der Waals surface area (Å²) in [5, 5.41) is 2.17. The van der Waals surface area contributed by atoms with Crippen molar-refractivity contribution in [3.8, 4) is 0 Å². The van der Waals surface area contributed by atoms with Gasteiger partial charge in [0.05, 0.1) is 0 Å². The molecule has 0 spiro atoms. The van der Waals surface area contributed by atoms with E-state index in [0.29, 0.717) is 28.0 Å². The Morgan fingerprint density at radius 2 is 1.00 bits per heavy atom. The van der Waals surface area contributed by atoms with Gasteiger partial charge >= 0.3 is 0 Å². The SMILES string of the molecule is O=S(=O)(O)c1cccc2ccc(Cc3ccc4cccc(S(=O)(=O)O)c4c3)cc12. The van der Waals surface area contributed by atoms with Crippen molar-refractivity contribution in [3.63, 3.8) is 0 Å². The van der Waals surface area contributed by atoms with Crippen LogP contribution in [0.2, 0.25) is 0 Å². The molecular weight excluding hydrogens is 412 g/mol. The van der Waals surface area contributed by atoms with E-state index in [-0.39, 0.29) is 9.79 Å². The van der Waals surface area contributed by atoms with Crippen LogP contribution in [0.4, 0.5) is 0 Å². The van der Waals surface area contributed by atoms with Crippen molar-refractivity contribution in [3.05, 3.63) is 83.9 Å². The van der Waals surface area contributed by atoms with E-state index in [1.54, 1.807) is 48.5 Å². The smallest absolute Gasteiger partial charge is 0.282 e. The molecule has 0 unspecified atom stereocenters. The second-order valence-electron chi connectivity index (χ2n) is 6.75. The molecular formula is C21H16O6S2. The van der Waals surface area contributed by atoms with Crippen LogP contribution in [0.3, 0.4) is 0 Å². The maximum atomic E-state index is 11.7. The zero-order valence-corrected chi connectivity index (χ0v) is 16.6. The van der Waals surface area contributed by atoms with Crippen LogP contribution in [0.25, 0.3) is 21.5 Å². The van der Waals surface area contributed by atoms with Gasteiger partial charge in [0.2, 0.25) is 0 Å². The van der Waals surface area contributed by atoms with Gasteiger partial charge in [0.15, 0.2) is 0 Å². The number of benzene rings is 4. The highest BCUT2D eigenvalue weighted by Gasteiger charge is 2.15. The van der Waals surface area contributed by atoms with Gasteiger partial charge in [-0.3, -0.25) is 9.11 Å². The van der Waals surface area contributed by atoms with E-state index >= 15 is 0 Å². The van der Waals surface area contributed by atoms with E-state index in [2.05, 4.69) is 0 Å². The lowest BCUT2D eigenvalue weighted by molar-refractivity contribution is 0.482. The molecule has 0 saturated heterocycles. The monoisotopic (exact) mass is 428 g/mol. The number of hydrogen-bond donors (Lipinski definition) is 2. The predicted octanol–water partition coefficient (Wildman–Crippen LogP) is 4.08. The van der Waals surface area contributed by atoms with Crippen molar-refractivity contribution in [2.24, 2.45) is 0 Å². The molecule has 0 heterocycles. The number of hydrogen-bond acceptors (Lipinski definition) is 4. The van der Waals surface area contributed by atoms with Gasteiger partial charge < -0.3 is 0 Å². The number of rotatable bonds is 4. The predicted molar refractivity (Wildman–Crippen MR) is 110 cm³/mol. The van der Waals surface area contributed by atoms with Gasteiger partial charge in [0, 0.05) is 10.8 Å². The lowest BCUT2D eigenvalue weighted by Gasteiger charge is -2.09. The molecule has 0 bridgehead atoms. The van der Waals surface area contributed by atoms with Gasteiger partial charge in [0.1, 0.15) is 9.79 Å². The minimum atomic E-state index is -4.36. The summed E-state index contributed by atoms with van der Waals surface area (Å²) >= 11 is 0. The van der Waals surface area contributed by atoms with Gasteiger partial charge in [0.25, 0.3) is 20.2 Å². The van der Waals surface area contributed by atoms with Crippen molar-refractivity contribution in [1.82, 2.24) is 0 Å². The van der Waals surface area contributed by atoms with Crippen LogP contribution in [0.1, 0.15) is 11.1 Å². The third-order valence-electron chi connectivity index (χ3n) is 4.78. The molecule has 29 heavy (non-hydrogen) atoms. The average molecular weight is 428 g/mol. The normalized spacial score (nSPS) is 12.5. The van der Waals surface area contributed by atoms with E-state index in [9.17, 15) is 25.9 Å². The third kappa shape index (κ3) is 3.88. The van der Waals surface area contributed by atoms with Crippen LogP contribution in [0.15, 0.2) is 82.6 Å². The minimum absolute atomic E-state index is 0.163. The lowest BCUT2D eigenvalue weighted by Crippen LogP contribution is -2.00. The van der Waals surface area contributed by atoms with E-state index in [1.165, 1.54) is 12.1 Å². The van der Waals surface area contributed by atoms with Crippen molar-refractivity contribution in [1.29, 1.82) is 0 Å². The summed E-state index contributed by atoms with van der Waals surface area (Å²) in [6, 6.07) is 19.9. The first-order chi connectivity index (χ1) is 13.6. The fraction of sp³-hybridized carbons (Fsp3) is 0.0476. The molecule has 0 radical (unpaired) electrons.